The zero-order valence-corrected chi connectivity index (χ0v) is 14.2. The number of allylic oxidation sites excluding steroid dienone is 4. The summed E-state index contributed by atoms with van der Waals surface area (Å²) >= 11 is 0. The summed E-state index contributed by atoms with van der Waals surface area (Å²) in [6.07, 6.45) is 6.12. The van der Waals surface area contributed by atoms with Crippen molar-refractivity contribution in [1.82, 2.24) is 0 Å². The van der Waals surface area contributed by atoms with E-state index in [9.17, 15) is 9.59 Å². The normalized spacial score (nSPS) is 24.9. The maximum absolute atomic E-state index is 11.2. The van der Waals surface area contributed by atoms with Crippen molar-refractivity contribution in [2.24, 2.45) is 16.7 Å². The van der Waals surface area contributed by atoms with E-state index in [2.05, 4.69) is 32.9 Å². The van der Waals surface area contributed by atoms with Gasteiger partial charge in [0.15, 0.2) is 0 Å². The predicted octanol–water partition coefficient (Wildman–Crippen LogP) is 3.42. The van der Waals surface area contributed by atoms with Gasteiger partial charge in [-0.25, -0.2) is 0 Å². The van der Waals surface area contributed by atoms with Crippen LogP contribution in [-0.2, 0) is 19.1 Å². The first-order valence-electron chi connectivity index (χ1n) is 7.82. The van der Waals surface area contributed by atoms with Gasteiger partial charge in [-0.15, -0.1) is 0 Å². The molecule has 1 atom stereocenters. The van der Waals surface area contributed by atoms with Crippen LogP contribution in [0.2, 0.25) is 0 Å². The second-order valence-electron chi connectivity index (χ2n) is 7.33. The van der Waals surface area contributed by atoms with E-state index in [1.54, 1.807) is 0 Å². The lowest BCUT2D eigenvalue weighted by molar-refractivity contribution is -0.152. The Kier molecular flexibility index (Phi) is 4.50. The number of hydrogen-bond acceptors (Lipinski definition) is 4. The molecule has 22 heavy (non-hydrogen) atoms. The Balaban J connectivity index is 2.26. The van der Waals surface area contributed by atoms with Crippen LogP contribution in [0.5, 0.6) is 0 Å². The van der Waals surface area contributed by atoms with Crippen molar-refractivity contribution < 1.29 is 19.1 Å². The fraction of sp³-hybridized carbons (Fsp3) is 0.667. The molecule has 0 N–H and O–H groups in total. The first kappa shape index (κ1) is 16.8. The Morgan fingerprint density at radius 3 is 2.18 bits per heavy atom. The molecule has 0 saturated carbocycles. The molecule has 0 spiro atoms. The number of fused-ring (bicyclic) bond motifs is 1. The summed E-state index contributed by atoms with van der Waals surface area (Å²) in [6, 6.07) is 0. The highest BCUT2D eigenvalue weighted by Gasteiger charge is 2.47. The van der Waals surface area contributed by atoms with Crippen molar-refractivity contribution >= 4 is 11.9 Å². The van der Waals surface area contributed by atoms with Crippen LogP contribution in [-0.4, -0.2) is 25.2 Å². The maximum atomic E-state index is 11.2. The van der Waals surface area contributed by atoms with Crippen LogP contribution in [0.25, 0.3) is 0 Å². The van der Waals surface area contributed by atoms with E-state index in [0.29, 0.717) is 19.1 Å². The lowest BCUT2D eigenvalue weighted by Crippen LogP contribution is -2.41. The molecule has 0 fully saturated rings. The second-order valence-corrected chi connectivity index (χ2v) is 7.33. The van der Waals surface area contributed by atoms with Gasteiger partial charge in [0, 0.05) is 19.3 Å². The lowest BCUT2D eigenvalue weighted by Gasteiger charge is -2.46. The minimum absolute atomic E-state index is 0.131. The minimum Gasteiger partial charge on any atom is -0.465 e. The van der Waals surface area contributed by atoms with Gasteiger partial charge >= 0.3 is 11.9 Å². The van der Waals surface area contributed by atoms with Crippen molar-refractivity contribution in [2.45, 2.75) is 47.5 Å². The Bertz CT molecular complexity index is 521. The summed E-state index contributed by atoms with van der Waals surface area (Å²) in [7, 11) is 0. The van der Waals surface area contributed by atoms with E-state index in [-0.39, 0.29) is 22.8 Å². The number of hydrogen-bond donors (Lipinski definition) is 0. The van der Waals surface area contributed by atoms with Crippen LogP contribution in [0.3, 0.4) is 0 Å². The van der Waals surface area contributed by atoms with Gasteiger partial charge in [0.25, 0.3) is 0 Å². The van der Waals surface area contributed by atoms with Gasteiger partial charge < -0.3 is 9.47 Å². The number of carbonyl (C=O) groups is 2. The van der Waals surface area contributed by atoms with Crippen LogP contribution in [0.4, 0.5) is 0 Å². The van der Waals surface area contributed by atoms with E-state index < -0.39 is 0 Å². The highest BCUT2D eigenvalue weighted by atomic mass is 16.5. The molecule has 0 amide bonds. The average molecular weight is 306 g/mol. The second kappa shape index (κ2) is 5.90. The molecule has 2 aliphatic rings. The fourth-order valence-electron chi connectivity index (χ4n) is 3.46. The van der Waals surface area contributed by atoms with E-state index in [1.807, 2.05) is 0 Å². The molecule has 0 unspecified atom stereocenters. The van der Waals surface area contributed by atoms with E-state index in [4.69, 9.17) is 9.47 Å². The van der Waals surface area contributed by atoms with Crippen LogP contribution in [0.15, 0.2) is 23.3 Å². The van der Waals surface area contributed by atoms with Crippen LogP contribution in [0.1, 0.15) is 47.5 Å². The quantitative estimate of drug-likeness (QED) is 0.747. The van der Waals surface area contributed by atoms with Crippen LogP contribution < -0.4 is 0 Å². The summed E-state index contributed by atoms with van der Waals surface area (Å²) in [6.45, 7) is 9.98. The monoisotopic (exact) mass is 306 g/mol. The smallest absolute Gasteiger partial charge is 0.302 e. The molecule has 0 radical (unpaired) electrons. The number of esters is 2. The number of carbonyl (C=O) groups excluding carboxylic acids is 2. The predicted molar refractivity (Wildman–Crippen MR) is 84.0 cm³/mol. The van der Waals surface area contributed by atoms with Crippen molar-refractivity contribution in [3.05, 3.63) is 23.3 Å². The zero-order valence-electron chi connectivity index (χ0n) is 14.2. The van der Waals surface area contributed by atoms with Crippen LogP contribution >= 0.6 is 0 Å². The van der Waals surface area contributed by atoms with E-state index in [1.165, 1.54) is 25.0 Å². The molecule has 0 aromatic heterocycles. The molecule has 0 saturated heterocycles. The minimum atomic E-state index is -0.337. The van der Waals surface area contributed by atoms with E-state index >= 15 is 0 Å². The Morgan fingerprint density at radius 2 is 1.73 bits per heavy atom. The number of rotatable bonds is 4. The molecule has 0 bridgehead atoms. The summed E-state index contributed by atoms with van der Waals surface area (Å²) in [5.41, 5.74) is 2.47. The lowest BCUT2D eigenvalue weighted by atomic mass is 9.59. The van der Waals surface area contributed by atoms with Gasteiger partial charge in [0.2, 0.25) is 0 Å². The van der Waals surface area contributed by atoms with E-state index in [0.717, 1.165) is 12.8 Å². The van der Waals surface area contributed by atoms with Crippen molar-refractivity contribution in [2.75, 3.05) is 13.2 Å². The first-order valence-corrected chi connectivity index (χ1v) is 7.82. The third-order valence-electron chi connectivity index (χ3n) is 4.90. The van der Waals surface area contributed by atoms with Gasteiger partial charge in [-0.1, -0.05) is 31.6 Å². The molecule has 4 nitrogen and oxygen atoms in total. The number of ether oxygens (including phenoxy) is 2. The third kappa shape index (κ3) is 3.42. The van der Waals surface area contributed by atoms with Crippen molar-refractivity contribution in [1.29, 1.82) is 0 Å². The standard InChI is InChI=1S/C18H26O4/c1-12-6-7-18(10-21-13(2)19,11-22-14(3)20)9-16-15(12)8-17(16,4)5/h6,8,16H,7,9-11H2,1-5H3/t16-/m0/s1. The highest BCUT2D eigenvalue weighted by molar-refractivity contribution is 5.66. The molecule has 0 aromatic carbocycles. The summed E-state index contributed by atoms with van der Waals surface area (Å²) in [5.74, 6) is -0.177. The largest absolute Gasteiger partial charge is 0.465 e. The highest BCUT2D eigenvalue weighted by Crippen LogP contribution is 2.55. The van der Waals surface area contributed by atoms with Crippen LogP contribution in [0, 0.1) is 16.7 Å². The molecule has 122 valence electrons. The van der Waals surface area contributed by atoms with Gasteiger partial charge in [0.1, 0.15) is 13.2 Å². The Hall–Kier alpha value is -1.58. The van der Waals surface area contributed by atoms with Crippen molar-refractivity contribution in [3.63, 3.8) is 0 Å². The molecule has 0 aromatic rings. The van der Waals surface area contributed by atoms with Crippen molar-refractivity contribution in [3.8, 4) is 0 Å². The van der Waals surface area contributed by atoms with Gasteiger partial charge in [-0.3, -0.25) is 9.59 Å². The molecule has 0 heterocycles. The summed E-state index contributed by atoms with van der Waals surface area (Å²) < 4.78 is 10.6. The molecule has 2 aliphatic carbocycles. The van der Waals surface area contributed by atoms with Gasteiger partial charge in [-0.05, 0) is 36.7 Å². The van der Waals surface area contributed by atoms with Gasteiger partial charge in [0.05, 0.1) is 0 Å². The molecule has 4 heteroatoms. The first-order chi connectivity index (χ1) is 10.2. The molecular formula is C18H26O4. The Morgan fingerprint density at radius 1 is 1.18 bits per heavy atom. The molecule has 0 aliphatic heterocycles. The van der Waals surface area contributed by atoms with Gasteiger partial charge in [-0.2, -0.15) is 0 Å². The topological polar surface area (TPSA) is 52.6 Å². The maximum Gasteiger partial charge on any atom is 0.302 e. The molecule has 2 rings (SSSR count). The zero-order chi connectivity index (χ0) is 16.5. The fourth-order valence-corrected chi connectivity index (χ4v) is 3.46. The summed E-state index contributed by atoms with van der Waals surface area (Å²) in [4.78, 5) is 22.5. The third-order valence-corrected chi connectivity index (χ3v) is 4.90. The molecular weight excluding hydrogens is 280 g/mol. The summed E-state index contributed by atoms with van der Waals surface area (Å²) in [5, 5.41) is 0. The SMILES string of the molecule is CC(=O)OCC1(COC(C)=O)CC=C(C)C2=CC(C)(C)[C@H]2C1. The average Bonchev–Trinajstić information content (AvgIpc) is 2.53. The Labute approximate surface area is 132 Å².